The number of rotatable bonds is 8. The number of benzene rings is 2. The number of carbonyl (C=O) groups excluding carboxylic acids is 1. The quantitative estimate of drug-likeness (QED) is 0.543. The maximum Gasteiger partial charge on any atom is 0.249 e. The zero-order valence-electron chi connectivity index (χ0n) is 16.9. The molecule has 1 N–H and O–H groups in total. The molecule has 0 aliphatic rings. The van der Waals surface area contributed by atoms with Crippen molar-refractivity contribution in [3.05, 3.63) is 70.9 Å². The molecule has 1 amide bonds. The van der Waals surface area contributed by atoms with Crippen molar-refractivity contribution in [3.8, 4) is 17.2 Å². The van der Waals surface area contributed by atoms with Gasteiger partial charge in [0, 0.05) is 28.8 Å². The molecule has 7 nitrogen and oxygen atoms in total. The van der Waals surface area contributed by atoms with Crippen LogP contribution in [0.3, 0.4) is 0 Å². The number of carbonyl (C=O) groups is 1. The molecule has 156 valence electrons. The van der Waals surface area contributed by atoms with Gasteiger partial charge in [-0.05, 0) is 29.8 Å². The number of ether oxygens (including phenoxy) is 3. The molecule has 0 unspecified atom stereocenters. The predicted octanol–water partition coefficient (Wildman–Crippen LogP) is 4.26. The van der Waals surface area contributed by atoms with Gasteiger partial charge in [0.1, 0.15) is 11.6 Å². The van der Waals surface area contributed by atoms with E-state index >= 15 is 0 Å². The first-order chi connectivity index (χ1) is 14.5. The van der Waals surface area contributed by atoms with Crippen LogP contribution in [0.25, 0.3) is 6.08 Å². The van der Waals surface area contributed by atoms with Crippen LogP contribution in [0.4, 0.5) is 5.82 Å². The summed E-state index contributed by atoms with van der Waals surface area (Å²) >= 11 is 5.93. The Morgan fingerprint density at radius 2 is 1.70 bits per heavy atom. The number of anilines is 1. The zero-order chi connectivity index (χ0) is 21.5. The molecule has 0 fully saturated rings. The first-order valence-corrected chi connectivity index (χ1v) is 9.47. The number of nitrogens with one attached hydrogen (secondary N) is 1. The Morgan fingerprint density at radius 1 is 1.03 bits per heavy atom. The molecule has 3 rings (SSSR count). The minimum absolute atomic E-state index is 0.301. The van der Waals surface area contributed by atoms with Crippen LogP contribution in [0.2, 0.25) is 5.02 Å². The number of nitrogens with zero attached hydrogens (tertiary/aromatic N) is 2. The van der Waals surface area contributed by atoms with Gasteiger partial charge in [0.15, 0.2) is 11.5 Å². The van der Waals surface area contributed by atoms with Crippen LogP contribution in [0.5, 0.6) is 17.2 Å². The van der Waals surface area contributed by atoms with Crippen molar-refractivity contribution in [1.82, 2.24) is 9.78 Å². The summed E-state index contributed by atoms with van der Waals surface area (Å²) in [6.07, 6.45) is 4.70. The van der Waals surface area contributed by atoms with E-state index < -0.39 is 0 Å². The standard InChI is InChI=1S/C22H22ClN3O4/c1-28-18-13-20(30-3)19(29-2)12-16(18)6-9-22(27)25-21-10-11-24-26(21)14-15-4-7-17(23)8-5-15/h4-13H,14H2,1-3H3,(H,25,27)/b9-6+. The molecule has 0 atom stereocenters. The maximum atomic E-state index is 12.5. The van der Waals surface area contributed by atoms with Crippen LogP contribution in [0.15, 0.2) is 54.7 Å². The largest absolute Gasteiger partial charge is 0.496 e. The Hall–Kier alpha value is -3.45. The second-order valence-electron chi connectivity index (χ2n) is 6.27. The molecule has 30 heavy (non-hydrogen) atoms. The Kier molecular flexibility index (Phi) is 6.98. The van der Waals surface area contributed by atoms with E-state index in [0.717, 1.165) is 5.56 Å². The minimum Gasteiger partial charge on any atom is -0.496 e. The first kappa shape index (κ1) is 21.3. The third kappa shape index (κ3) is 5.12. The fraction of sp³-hybridized carbons (Fsp3) is 0.182. The second kappa shape index (κ2) is 9.84. The molecule has 3 aromatic rings. The minimum atomic E-state index is -0.301. The number of aromatic nitrogens is 2. The summed E-state index contributed by atoms with van der Waals surface area (Å²) in [6.45, 7) is 0.507. The van der Waals surface area contributed by atoms with E-state index in [1.807, 2.05) is 24.3 Å². The lowest BCUT2D eigenvalue weighted by molar-refractivity contribution is -0.111. The molecule has 8 heteroatoms. The number of amides is 1. The fourth-order valence-corrected chi connectivity index (χ4v) is 2.97. The molecule has 2 aromatic carbocycles. The van der Waals surface area contributed by atoms with Crippen LogP contribution in [0, 0.1) is 0 Å². The highest BCUT2D eigenvalue weighted by Gasteiger charge is 2.11. The van der Waals surface area contributed by atoms with Crippen LogP contribution in [0.1, 0.15) is 11.1 Å². The van der Waals surface area contributed by atoms with Crippen LogP contribution in [-0.4, -0.2) is 37.0 Å². The highest BCUT2D eigenvalue weighted by atomic mass is 35.5. The van der Waals surface area contributed by atoms with Crippen LogP contribution in [-0.2, 0) is 11.3 Å². The first-order valence-electron chi connectivity index (χ1n) is 9.09. The van der Waals surface area contributed by atoms with E-state index in [1.165, 1.54) is 6.08 Å². The third-order valence-electron chi connectivity index (χ3n) is 4.36. The average molecular weight is 428 g/mol. The summed E-state index contributed by atoms with van der Waals surface area (Å²) < 4.78 is 17.7. The molecule has 0 aliphatic carbocycles. The summed E-state index contributed by atoms with van der Waals surface area (Å²) in [5, 5.41) is 7.77. The number of methoxy groups -OCH3 is 3. The van der Waals surface area contributed by atoms with Crippen molar-refractivity contribution < 1.29 is 19.0 Å². The summed E-state index contributed by atoms with van der Waals surface area (Å²) in [4.78, 5) is 12.5. The average Bonchev–Trinajstić information content (AvgIpc) is 3.19. The Bertz CT molecular complexity index is 1050. The van der Waals surface area contributed by atoms with Gasteiger partial charge < -0.3 is 19.5 Å². The molecule has 0 bridgehead atoms. The predicted molar refractivity (Wildman–Crippen MR) is 117 cm³/mol. The number of hydrogen-bond acceptors (Lipinski definition) is 5. The normalized spacial score (nSPS) is 10.8. The summed E-state index contributed by atoms with van der Waals surface area (Å²) in [5.41, 5.74) is 1.70. The Morgan fingerprint density at radius 3 is 2.37 bits per heavy atom. The van der Waals surface area contributed by atoms with Gasteiger partial charge in [0.25, 0.3) is 0 Å². The smallest absolute Gasteiger partial charge is 0.249 e. The monoisotopic (exact) mass is 427 g/mol. The van der Waals surface area contributed by atoms with E-state index in [1.54, 1.807) is 56.5 Å². The van der Waals surface area contributed by atoms with Crippen molar-refractivity contribution in [1.29, 1.82) is 0 Å². The lowest BCUT2D eigenvalue weighted by Gasteiger charge is -2.12. The molecule has 1 aromatic heterocycles. The fourth-order valence-electron chi connectivity index (χ4n) is 2.84. The van der Waals surface area contributed by atoms with E-state index in [0.29, 0.717) is 40.2 Å². The third-order valence-corrected chi connectivity index (χ3v) is 4.62. The number of hydrogen-bond donors (Lipinski definition) is 1. The van der Waals surface area contributed by atoms with Gasteiger partial charge in [-0.15, -0.1) is 0 Å². The van der Waals surface area contributed by atoms with Gasteiger partial charge in [0.2, 0.25) is 5.91 Å². The lowest BCUT2D eigenvalue weighted by Crippen LogP contribution is -2.13. The van der Waals surface area contributed by atoms with Gasteiger partial charge in [-0.2, -0.15) is 5.10 Å². The van der Waals surface area contributed by atoms with Crippen LogP contribution >= 0.6 is 11.6 Å². The van der Waals surface area contributed by atoms with Crippen LogP contribution < -0.4 is 19.5 Å². The van der Waals surface area contributed by atoms with Crippen molar-refractivity contribution in [2.75, 3.05) is 26.6 Å². The molecular weight excluding hydrogens is 406 g/mol. The maximum absolute atomic E-state index is 12.5. The van der Waals surface area contributed by atoms with E-state index in [-0.39, 0.29) is 5.91 Å². The van der Waals surface area contributed by atoms with Gasteiger partial charge in [0.05, 0.1) is 34.1 Å². The molecular formula is C22H22ClN3O4. The highest BCUT2D eigenvalue weighted by Crippen LogP contribution is 2.35. The van der Waals surface area contributed by atoms with Crippen molar-refractivity contribution in [2.45, 2.75) is 6.54 Å². The molecule has 0 radical (unpaired) electrons. The summed E-state index contributed by atoms with van der Waals surface area (Å²) in [5.74, 6) is 1.93. The van der Waals surface area contributed by atoms with Crippen molar-refractivity contribution in [3.63, 3.8) is 0 Å². The van der Waals surface area contributed by atoms with E-state index in [2.05, 4.69) is 10.4 Å². The van der Waals surface area contributed by atoms with Gasteiger partial charge in [-0.3, -0.25) is 4.79 Å². The molecule has 0 spiro atoms. The second-order valence-corrected chi connectivity index (χ2v) is 6.71. The Labute approximate surface area is 179 Å². The van der Waals surface area contributed by atoms with E-state index in [9.17, 15) is 4.79 Å². The molecule has 0 aliphatic heterocycles. The van der Waals surface area contributed by atoms with Gasteiger partial charge >= 0.3 is 0 Å². The van der Waals surface area contributed by atoms with Gasteiger partial charge in [-0.1, -0.05) is 23.7 Å². The molecule has 1 heterocycles. The molecule has 0 saturated heterocycles. The lowest BCUT2D eigenvalue weighted by atomic mass is 10.1. The van der Waals surface area contributed by atoms with Crippen molar-refractivity contribution >= 4 is 29.4 Å². The summed E-state index contributed by atoms with van der Waals surface area (Å²) in [7, 11) is 4.65. The highest BCUT2D eigenvalue weighted by molar-refractivity contribution is 6.30. The number of halogens is 1. The van der Waals surface area contributed by atoms with E-state index in [4.69, 9.17) is 25.8 Å². The molecule has 0 saturated carbocycles. The van der Waals surface area contributed by atoms with Gasteiger partial charge in [-0.25, -0.2) is 4.68 Å². The zero-order valence-corrected chi connectivity index (χ0v) is 17.6. The topological polar surface area (TPSA) is 74.6 Å². The Balaban J connectivity index is 1.73. The van der Waals surface area contributed by atoms with Crippen molar-refractivity contribution in [2.24, 2.45) is 0 Å². The SMILES string of the molecule is COc1cc(OC)c(OC)cc1/C=C/C(=O)Nc1ccnn1Cc1ccc(Cl)cc1. The summed E-state index contributed by atoms with van der Waals surface area (Å²) in [6, 6.07) is 12.6.